The maximum Gasteiger partial charge on any atom is 0.315 e. The second-order valence-corrected chi connectivity index (χ2v) is 10.8. The van der Waals surface area contributed by atoms with Crippen molar-refractivity contribution < 1.29 is 24.5 Å². The fourth-order valence-corrected chi connectivity index (χ4v) is 6.91. The molecule has 1 aromatic heterocycles. The predicted molar refractivity (Wildman–Crippen MR) is 130 cm³/mol. The van der Waals surface area contributed by atoms with Crippen molar-refractivity contribution in [2.75, 3.05) is 24.4 Å². The molecule has 3 rings (SSSR count). The second kappa shape index (κ2) is 12.1. The van der Waals surface area contributed by atoms with Crippen LogP contribution in [0.5, 0.6) is 0 Å². The van der Waals surface area contributed by atoms with Crippen molar-refractivity contribution in [3.05, 3.63) is 47.4 Å². The summed E-state index contributed by atoms with van der Waals surface area (Å²) in [6, 6.07) is 8.14. The third-order valence-corrected chi connectivity index (χ3v) is 8.74. The standard InChI is InChI=1S/C23H28O5S3/c1-28-22(27)14-29-9-4-10-30-23-18(19(25)12-20(23)26)8-7-16(24)11-15-13-31-21-6-3-2-5-17(15)21/h2-3,5-8,13,16,18-19,23-25H,4,9-12,14H2,1H3/b8-7+/t16?,18-,19?,23+/m0/s1. The molecule has 0 spiro atoms. The van der Waals surface area contributed by atoms with Crippen LogP contribution in [-0.2, 0) is 20.7 Å². The van der Waals surface area contributed by atoms with Crippen LogP contribution in [0.25, 0.3) is 10.1 Å². The number of aliphatic hydroxyl groups excluding tert-OH is 2. The Labute approximate surface area is 195 Å². The summed E-state index contributed by atoms with van der Waals surface area (Å²) in [5, 5.41) is 23.8. The highest BCUT2D eigenvalue weighted by Crippen LogP contribution is 2.35. The Morgan fingerprint density at radius 2 is 2.16 bits per heavy atom. The first-order chi connectivity index (χ1) is 15.0. The normalized spacial score (nSPS) is 22.4. The van der Waals surface area contributed by atoms with Crippen molar-refractivity contribution in [1.82, 2.24) is 0 Å². The highest BCUT2D eigenvalue weighted by atomic mass is 32.2. The van der Waals surface area contributed by atoms with Gasteiger partial charge in [0.05, 0.1) is 30.3 Å². The summed E-state index contributed by atoms with van der Waals surface area (Å²) in [4.78, 5) is 23.5. The van der Waals surface area contributed by atoms with Gasteiger partial charge in [0.2, 0.25) is 0 Å². The first-order valence-corrected chi connectivity index (χ1v) is 13.4. The lowest BCUT2D eigenvalue weighted by molar-refractivity contribution is -0.137. The average Bonchev–Trinajstić information content (AvgIpc) is 3.28. The third-order valence-electron chi connectivity index (χ3n) is 5.25. The highest BCUT2D eigenvalue weighted by Gasteiger charge is 2.40. The number of ether oxygens (including phenoxy) is 1. The number of hydrogen-bond acceptors (Lipinski definition) is 8. The summed E-state index contributed by atoms with van der Waals surface area (Å²) in [6.07, 6.45) is 3.71. The molecule has 1 aliphatic rings. The fourth-order valence-electron chi connectivity index (χ4n) is 3.63. The topological polar surface area (TPSA) is 83.8 Å². The molecule has 2 N–H and O–H groups in total. The monoisotopic (exact) mass is 480 g/mol. The van der Waals surface area contributed by atoms with Gasteiger partial charge in [-0.15, -0.1) is 23.1 Å². The molecular formula is C23H28O5S3. The Morgan fingerprint density at radius 1 is 1.35 bits per heavy atom. The minimum absolute atomic E-state index is 0.0627. The molecule has 2 aromatic rings. The van der Waals surface area contributed by atoms with Crippen LogP contribution in [0.2, 0.25) is 0 Å². The molecule has 0 amide bonds. The number of Topliss-reactive ketones (excluding diaryl/α,β-unsaturated/α-hetero) is 1. The van der Waals surface area contributed by atoms with Crippen LogP contribution in [0.3, 0.4) is 0 Å². The number of thiophene rings is 1. The van der Waals surface area contributed by atoms with Crippen LogP contribution in [0.15, 0.2) is 41.8 Å². The lowest BCUT2D eigenvalue weighted by atomic mass is 10.0. The van der Waals surface area contributed by atoms with E-state index in [4.69, 9.17) is 0 Å². The summed E-state index contributed by atoms with van der Waals surface area (Å²) < 4.78 is 5.81. The molecule has 1 heterocycles. The largest absolute Gasteiger partial charge is 0.468 e. The molecule has 1 aromatic carbocycles. The summed E-state index contributed by atoms with van der Waals surface area (Å²) in [6.45, 7) is 0. The predicted octanol–water partition coefficient (Wildman–Crippen LogP) is 3.71. The van der Waals surface area contributed by atoms with Crippen LogP contribution in [0, 0.1) is 5.92 Å². The lowest BCUT2D eigenvalue weighted by Gasteiger charge is -2.17. The smallest absolute Gasteiger partial charge is 0.315 e. The van der Waals surface area contributed by atoms with Crippen molar-refractivity contribution in [3.8, 4) is 0 Å². The van der Waals surface area contributed by atoms with Crippen molar-refractivity contribution in [2.45, 2.75) is 36.7 Å². The summed E-state index contributed by atoms with van der Waals surface area (Å²) >= 11 is 4.74. The van der Waals surface area contributed by atoms with E-state index in [-0.39, 0.29) is 29.3 Å². The van der Waals surface area contributed by atoms with Crippen LogP contribution in [0.4, 0.5) is 0 Å². The Bertz CT molecular complexity index is 910. The average molecular weight is 481 g/mol. The molecule has 2 unspecified atom stereocenters. The van der Waals surface area contributed by atoms with Gasteiger partial charge in [-0.2, -0.15) is 11.8 Å². The lowest BCUT2D eigenvalue weighted by Crippen LogP contribution is -2.22. The van der Waals surface area contributed by atoms with E-state index in [2.05, 4.69) is 22.2 Å². The zero-order valence-electron chi connectivity index (χ0n) is 17.4. The number of esters is 1. The summed E-state index contributed by atoms with van der Waals surface area (Å²) in [7, 11) is 1.38. The SMILES string of the molecule is COC(=O)CSCCCS[C@H]1C(=O)CC(O)[C@@H]1/C=C/C(O)Cc1csc2ccccc12. The van der Waals surface area contributed by atoms with Crippen molar-refractivity contribution in [2.24, 2.45) is 5.92 Å². The van der Waals surface area contributed by atoms with E-state index in [0.29, 0.717) is 12.2 Å². The molecule has 168 valence electrons. The van der Waals surface area contributed by atoms with Gasteiger partial charge >= 0.3 is 5.97 Å². The maximum absolute atomic E-state index is 12.3. The van der Waals surface area contributed by atoms with Gasteiger partial charge in [-0.1, -0.05) is 30.4 Å². The summed E-state index contributed by atoms with van der Waals surface area (Å²) in [5.41, 5.74) is 1.11. The second-order valence-electron chi connectivity index (χ2n) is 7.50. The molecule has 1 aliphatic carbocycles. The quantitative estimate of drug-likeness (QED) is 0.288. The third kappa shape index (κ3) is 6.83. The van der Waals surface area contributed by atoms with E-state index >= 15 is 0 Å². The van der Waals surface area contributed by atoms with Gasteiger partial charge in [-0.05, 0) is 40.3 Å². The number of aliphatic hydroxyl groups is 2. The molecule has 0 bridgehead atoms. The number of fused-ring (bicyclic) bond motifs is 1. The maximum atomic E-state index is 12.3. The Hall–Kier alpha value is -1.32. The van der Waals surface area contributed by atoms with Gasteiger partial charge < -0.3 is 14.9 Å². The molecule has 4 atom stereocenters. The van der Waals surface area contributed by atoms with E-state index in [1.165, 1.54) is 23.6 Å². The number of ketones is 1. The minimum Gasteiger partial charge on any atom is -0.468 e. The molecular weight excluding hydrogens is 452 g/mol. The van der Waals surface area contributed by atoms with Gasteiger partial charge in [0.15, 0.2) is 0 Å². The van der Waals surface area contributed by atoms with Gasteiger partial charge in [0.1, 0.15) is 5.78 Å². The Morgan fingerprint density at radius 3 is 2.97 bits per heavy atom. The molecule has 0 radical (unpaired) electrons. The van der Waals surface area contributed by atoms with Crippen LogP contribution in [0.1, 0.15) is 18.4 Å². The number of carbonyl (C=O) groups excluding carboxylic acids is 2. The highest BCUT2D eigenvalue weighted by molar-refractivity contribution is 8.01. The molecule has 0 saturated heterocycles. The first kappa shape index (κ1) is 24.3. The molecule has 8 heteroatoms. The van der Waals surface area contributed by atoms with Gasteiger partial charge in [-0.3, -0.25) is 9.59 Å². The van der Waals surface area contributed by atoms with E-state index in [1.54, 1.807) is 29.2 Å². The first-order valence-electron chi connectivity index (χ1n) is 10.3. The van der Waals surface area contributed by atoms with E-state index < -0.39 is 12.2 Å². The number of hydrogen-bond donors (Lipinski definition) is 2. The minimum atomic E-state index is -0.705. The van der Waals surface area contributed by atoms with E-state index in [0.717, 1.165) is 28.9 Å². The number of benzene rings is 1. The Balaban J connectivity index is 1.50. The van der Waals surface area contributed by atoms with Crippen molar-refractivity contribution in [3.63, 3.8) is 0 Å². The van der Waals surface area contributed by atoms with Crippen LogP contribution >= 0.6 is 34.9 Å². The van der Waals surface area contributed by atoms with Gasteiger partial charge in [-0.25, -0.2) is 0 Å². The van der Waals surface area contributed by atoms with Gasteiger partial charge in [0, 0.05) is 23.5 Å². The van der Waals surface area contributed by atoms with Crippen LogP contribution < -0.4 is 0 Å². The molecule has 1 fully saturated rings. The molecule has 5 nitrogen and oxygen atoms in total. The summed E-state index contributed by atoms with van der Waals surface area (Å²) in [5.74, 6) is 1.49. The Kier molecular flexibility index (Phi) is 9.47. The number of carbonyl (C=O) groups is 2. The number of rotatable bonds is 11. The van der Waals surface area contributed by atoms with E-state index in [1.807, 2.05) is 18.2 Å². The molecule has 0 aliphatic heterocycles. The molecule has 1 saturated carbocycles. The van der Waals surface area contributed by atoms with Crippen LogP contribution in [-0.4, -0.2) is 63.8 Å². The van der Waals surface area contributed by atoms with Crippen molar-refractivity contribution >= 4 is 56.7 Å². The van der Waals surface area contributed by atoms with E-state index in [9.17, 15) is 19.8 Å². The zero-order valence-corrected chi connectivity index (χ0v) is 19.9. The zero-order chi connectivity index (χ0) is 22.2. The van der Waals surface area contributed by atoms with Gasteiger partial charge in [0.25, 0.3) is 0 Å². The molecule has 31 heavy (non-hydrogen) atoms. The fraction of sp³-hybridized carbons (Fsp3) is 0.478. The number of methoxy groups -OCH3 is 1. The van der Waals surface area contributed by atoms with Crippen molar-refractivity contribution in [1.29, 1.82) is 0 Å². The number of thioether (sulfide) groups is 2.